The van der Waals surface area contributed by atoms with Gasteiger partial charge in [-0.25, -0.2) is 9.97 Å². The normalized spacial score (nSPS) is 15.1. The van der Waals surface area contributed by atoms with Crippen LogP contribution in [0, 0.1) is 0 Å². The van der Waals surface area contributed by atoms with Gasteiger partial charge in [-0.15, -0.1) is 10.2 Å². The van der Waals surface area contributed by atoms with Crippen LogP contribution in [0.25, 0.3) is 11.5 Å². The maximum atomic E-state index is 13.2. The molecule has 0 saturated carbocycles. The highest BCUT2D eigenvalue weighted by atomic mass is 16.5. The molecule has 1 saturated heterocycles. The number of aromatic nitrogens is 5. The number of ether oxygens (including phenoxy) is 3. The van der Waals surface area contributed by atoms with E-state index in [9.17, 15) is 24.0 Å². The lowest BCUT2D eigenvalue weighted by molar-refractivity contribution is -0.137. The number of hydrogen-bond acceptors (Lipinski definition) is 13. The molecule has 334 valence electrons. The lowest BCUT2D eigenvalue weighted by Crippen LogP contribution is -2.52. The number of carbonyl (C=O) groups is 5. The molecule has 4 N–H and O–H groups in total. The van der Waals surface area contributed by atoms with Gasteiger partial charge in [-0.05, 0) is 93.1 Å². The van der Waals surface area contributed by atoms with Crippen LogP contribution in [0.15, 0.2) is 85.3 Å². The summed E-state index contributed by atoms with van der Waals surface area (Å²) in [7, 11) is 1.88. The number of benzene rings is 3. The van der Waals surface area contributed by atoms with E-state index in [2.05, 4.69) is 41.4 Å². The molecule has 2 aliphatic rings. The molecular weight excluding hydrogens is 821 g/mol. The topological polar surface area (TPSA) is 221 Å². The Bertz CT molecular complexity index is 2430. The summed E-state index contributed by atoms with van der Waals surface area (Å²) >= 11 is 0. The molecule has 64 heavy (non-hydrogen) atoms. The van der Waals surface area contributed by atoms with Crippen LogP contribution in [0.4, 0.5) is 11.4 Å². The van der Waals surface area contributed by atoms with Gasteiger partial charge in [0, 0.05) is 74.1 Å². The highest BCUT2D eigenvalue weighted by Crippen LogP contribution is 2.32. The van der Waals surface area contributed by atoms with Gasteiger partial charge in [0.05, 0.1) is 19.2 Å². The zero-order chi connectivity index (χ0) is 44.8. The van der Waals surface area contributed by atoms with Crippen molar-refractivity contribution in [2.45, 2.75) is 70.6 Å². The van der Waals surface area contributed by atoms with Gasteiger partial charge in [-0.2, -0.15) is 0 Å². The Hall–Kier alpha value is -7.05. The van der Waals surface area contributed by atoms with Crippen LogP contribution in [0.5, 0.6) is 5.75 Å². The number of anilines is 2. The van der Waals surface area contributed by atoms with Crippen molar-refractivity contribution < 1.29 is 38.2 Å². The number of imide groups is 1. The molecule has 18 nitrogen and oxygen atoms in total. The first kappa shape index (κ1) is 45.0. The van der Waals surface area contributed by atoms with Crippen LogP contribution in [-0.4, -0.2) is 98.2 Å². The fourth-order valence-corrected chi connectivity index (χ4v) is 7.42. The number of piperidine rings is 1. The Labute approximate surface area is 370 Å². The molecule has 3 aromatic carbocycles. The second-order valence-electron chi connectivity index (χ2n) is 15.5. The van der Waals surface area contributed by atoms with Crippen LogP contribution in [0.1, 0.15) is 89.2 Å². The van der Waals surface area contributed by atoms with Gasteiger partial charge in [-0.1, -0.05) is 24.3 Å². The summed E-state index contributed by atoms with van der Waals surface area (Å²) in [5.41, 5.74) is 4.51. The standard InChI is InChI=1S/C46H52N10O8/c1-30(50-44(59)32-9-6-10-33(25-32)48-26-40-53-54-43(55(40)2)38-19-20-47-29-49-38)31-13-15-34(16-14-31)64-24-5-3-4-21-62-22-8-23-63-28-42(58)51-37-12-7-11-35-36(37)27-56(46(35)61)39-17-18-41(57)52-45(39)60/h6-7,9-16,19-20,25,29-30,39,48H,3-5,8,17-18,21-24,26-28H2,1-2H3,(H,50,59)(H,51,58)(H,52,57,60)/t30-,39?/m1/s1. The van der Waals surface area contributed by atoms with Crippen molar-refractivity contribution in [3.05, 3.63) is 113 Å². The predicted octanol–water partition coefficient (Wildman–Crippen LogP) is 4.75. The lowest BCUT2D eigenvalue weighted by atomic mass is 10.0. The van der Waals surface area contributed by atoms with E-state index in [0.29, 0.717) is 79.1 Å². The zero-order valence-electron chi connectivity index (χ0n) is 35.9. The van der Waals surface area contributed by atoms with Gasteiger partial charge in [0.2, 0.25) is 17.7 Å². The molecular formula is C46H52N10O8. The molecule has 4 heterocycles. The van der Waals surface area contributed by atoms with Crippen molar-refractivity contribution in [1.82, 2.24) is 40.3 Å². The summed E-state index contributed by atoms with van der Waals surface area (Å²) in [6, 6.07) is 20.9. The molecule has 1 unspecified atom stereocenters. The highest BCUT2D eigenvalue weighted by molar-refractivity contribution is 6.07. The number of nitrogens with one attached hydrogen (secondary N) is 4. The third-order valence-electron chi connectivity index (χ3n) is 10.9. The minimum absolute atomic E-state index is 0.151. The van der Waals surface area contributed by atoms with Crippen LogP contribution in [0.2, 0.25) is 0 Å². The first-order valence-electron chi connectivity index (χ1n) is 21.4. The Kier molecular flexibility index (Phi) is 15.4. The molecule has 5 aromatic rings. The second-order valence-corrected chi connectivity index (χ2v) is 15.5. The summed E-state index contributed by atoms with van der Waals surface area (Å²) in [6.07, 6.45) is 6.91. The fourth-order valence-electron chi connectivity index (χ4n) is 7.42. The Balaban J connectivity index is 0.716. The van der Waals surface area contributed by atoms with E-state index < -0.39 is 11.9 Å². The van der Waals surface area contributed by atoms with Gasteiger partial charge < -0.3 is 39.6 Å². The van der Waals surface area contributed by atoms with E-state index in [1.54, 1.807) is 36.5 Å². The van der Waals surface area contributed by atoms with Crippen LogP contribution in [-0.2, 0) is 44.0 Å². The van der Waals surface area contributed by atoms with Gasteiger partial charge in [0.25, 0.3) is 11.8 Å². The number of rotatable bonds is 22. The van der Waals surface area contributed by atoms with Crippen molar-refractivity contribution in [2.24, 2.45) is 7.05 Å². The molecule has 2 aliphatic heterocycles. The number of fused-ring (bicyclic) bond motifs is 1. The number of carbonyl (C=O) groups excluding carboxylic acids is 5. The molecule has 0 aliphatic carbocycles. The Morgan fingerprint density at radius 3 is 2.52 bits per heavy atom. The van der Waals surface area contributed by atoms with E-state index in [1.807, 2.05) is 61.0 Å². The van der Waals surface area contributed by atoms with Gasteiger partial charge >= 0.3 is 0 Å². The smallest absolute Gasteiger partial charge is 0.255 e. The molecule has 2 aromatic heterocycles. The molecule has 0 bridgehead atoms. The molecule has 0 radical (unpaired) electrons. The Morgan fingerprint density at radius 2 is 1.70 bits per heavy atom. The number of hydrogen-bond donors (Lipinski definition) is 4. The van der Waals surface area contributed by atoms with Crippen molar-refractivity contribution in [2.75, 3.05) is 43.7 Å². The second kappa shape index (κ2) is 21.8. The highest BCUT2D eigenvalue weighted by Gasteiger charge is 2.40. The van der Waals surface area contributed by atoms with E-state index in [4.69, 9.17) is 14.2 Å². The predicted molar refractivity (Wildman–Crippen MR) is 235 cm³/mol. The minimum Gasteiger partial charge on any atom is -0.494 e. The van der Waals surface area contributed by atoms with Crippen LogP contribution < -0.4 is 26.0 Å². The largest absolute Gasteiger partial charge is 0.494 e. The maximum absolute atomic E-state index is 13.2. The summed E-state index contributed by atoms with van der Waals surface area (Å²) in [4.78, 5) is 72.4. The molecule has 0 spiro atoms. The average Bonchev–Trinajstić information content (AvgIpc) is 3.85. The maximum Gasteiger partial charge on any atom is 0.255 e. The van der Waals surface area contributed by atoms with Crippen molar-refractivity contribution in [1.29, 1.82) is 0 Å². The van der Waals surface area contributed by atoms with Crippen LogP contribution >= 0.6 is 0 Å². The van der Waals surface area contributed by atoms with Gasteiger partial charge in [0.15, 0.2) is 11.6 Å². The number of unbranched alkanes of at least 4 members (excludes halogenated alkanes) is 2. The monoisotopic (exact) mass is 872 g/mol. The zero-order valence-corrected chi connectivity index (χ0v) is 35.9. The molecule has 18 heteroatoms. The fraction of sp³-hybridized carbons (Fsp3) is 0.370. The van der Waals surface area contributed by atoms with Gasteiger partial charge in [-0.3, -0.25) is 29.3 Å². The Morgan fingerprint density at radius 1 is 0.906 bits per heavy atom. The van der Waals surface area contributed by atoms with E-state index in [0.717, 1.165) is 36.3 Å². The van der Waals surface area contributed by atoms with Crippen molar-refractivity contribution >= 4 is 40.9 Å². The average molecular weight is 873 g/mol. The summed E-state index contributed by atoms with van der Waals surface area (Å²) in [5, 5.41) is 20.1. The number of amides is 5. The lowest BCUT2D eigenvalue weighted by Gasteiger charge is -2.29. The first-order chi connectivity index (χ1) is 31.1. The quantitative estimate of drug-likeness (QED) is 0.0546. The van der Waals surface area contributed by atoms with Crippen LogP contribution in [0.3, 0.4) is 0 Å². The van der Waals surface area contributed by atoms with E-state index in [-0.39, 0.29) is 55.7 Å². The molecule has 7 rings (SSSR count). The summed E-state index contributed by atoms with van der Waals surface area (Å²) in [6.45, 7) is 4.42. The van der Waals surface area contributed by atoms with Crippen molar-refractivity contribution in [3.8, 4) is 17.3 Å². The third kappa shape index (κ3) is 11.7. The number of nitrogens with zero attached hydrogens (tertiary/aromatic N) is 6. The summed E-state index contributed by atoms with van der Waals surface area (Å²) < 4.78 is 19.1. The SMILES string of the molecule is C[C@@H](NC(=O)c1cccc(NCc2nnc(-c3ccncn3)n2C)c1)c1ccc(OCCCCCOCCCOCC(=O)Nc2cccc3c2CN(C2CCC(=O)NC2=O)C3=O)cc1. The van der Waals surface area contributed by atoms with E-state index in [1.165, 1.54) is 11.2 Å². The molecule has 5 amide bonds. The van der Waals surface area contributed by atoms with Crippen molar-refractivity contribution in [3.63, 3.8) is 0 Å². The van der Waals surface area contributed by atoms with Gasteiger partial charge in [0.1, 0.15) is 30.4 Å². The third-order valence-corrected chi connectivity index (χ3v) is 10.9. The minimum atomic E-state index is -0.728. The molecule has 2 atom stereocenters. The summed E-state index contributed by atoms with van der Waals surface area (Å²) in [5.74, 6) is 0.450. The van der Waals surface area contributed by atoms with E-state index >= 15 is 0 Å². The molecule has 1 fully saturated rings. The first-order valence-corrected chi connectivity index (χ1v) is 21.4.